The maximum absolute atomic E-state index is 3.83. The molecule has 0 saturated heterocycles. The van der Waals surface area contributed by atoms with Crippen molar-refractivity contribution in [3.63, 3.8) is 0 Å². The minimum atomic E-state index is 0.814. The molecular weight excluding hydrogens is 232 g/mol. The van der Waals surface area contributed by atoms with E-state index in [9.17, 15) is 0 Å². The highest BCUT2D eigenvalue weighted by Crippen LogP contribution is 2.36. The lowest BCUT2D eigenvalue weighted by Gasteiger charge is -2.36. The molecule has 3 rings (SSSR count). The van der Waals surface area contributed by atoms with E-state index in [1.54, 1.807) is 0 Å². The third-order valence-corrected chi connectivity index (χ3v) is 5.29. The van der Waals surface area contributed by atoms with Crippen molar-refractivity contribution >= 4 is 0 Å². The van der Waals surface area contributed by atoms with Gasteiger partial charge in [0.2, 0.25) is 0 Å². The Morgan fingerprint density at radius 1 is 0.947 bits per heavy atom. The zero-order chi connectivity index (χ0) is 13.1. The van der Waals surface area contributed by atoms with Crippen LogP contribution < -0.4 is 5.32 Å². The molecule has 0 aromatic rings. The van der Waals surface area contributed by atoms with E-state index in [1.807, 2.05) is 0 Å². The fourth-order valence-corrected chi connectivity index (χ4v) is 3.77. The van der Waals surface area contributed by atoms with E-state index < -0.39 is 0 Å². The van der Waals surface area contributed by atoms with Crippen molar-refractivity contribution in [3.05, 3.63) is 0 Å². The fraction of sp³-hybridized carbons (Fsp3) is 1.00. The molecule has 3 aliphatic carbocycles. The Kier molecular flexibility index (Phi) is 4.81. The van der Waals surface area contributed by atoms with Crippen molar-refractivity contribution in [2.24, 2.45) is 11.8 Å². The van der Waals surface area contributed by atoms with Crippen LogP contribution in [-0.4, -0.2) is 36.6 Å². The normalized spacial score (nSPS) is 31.9. The first-order valence-electron chi connectivity index (χ1n) is 8.84. The van der Waals surface area contributed by atoms with Gasteiger partial charge in [0.25, 0.3) is 0 Å². The summed E-state index contributed by atoms with van der Waals surface area (Å²) in [5.41, 5.74) is 0. The van der Waals surface area contributed by atoms with E-state index in [4.69, 9.17) is 0 Å². The van der Waals surface area contributed by atoms with E-state index in [1.165, 1.54) is 77.4 Å². The summed E-state index contributed by atoms with van der Waals surface area (Å²) in [4.78, 5) is 2.87. The quantitative estimate of drug-likeness (QED) is 0.722. The predicted molar refractivity (Wildman–Crippen MR) is 81.4 cm³/mol. The summed E-state index contributed by atoms with van der Waals surface area (Å²) in [5, 5.41) is 3.83. The number of nitrogens with zero attached hydrogens (tertiary/aromatic N) is 1. The lowest BCUT2D eigenvalue weighted by Crippen LogP contribution is -2.45. The van der Waals surface area contributed by atoms with E-state index in [0.717, 1.165) is 23.9 Å². The third-order valence-electron chi connectivity index (χ3n) is 5.29. The molecule has 0 aromatic heterocycles. The molecule has 3 saturated carbocycles. The molecule has 1 N–H and O–H groups in total. The number of nitrogens with one attached hydrogen (secondary N) is 1. The Morgan fingerprint density at radius 3 is 2.42 bits per heavy atom. The highest BCUT2D eigenvalue weighted by Gasteiger charge is 2.36. The summed E-state index contributed by atoms with van der Waals surface area (Å²) in [6.07, 6.45) is 13.1. The van der Waals surface area contributed by atoms with Crippen molar-refractivity contribution in [2.45, 2.75) is 76.8 Å². The summed E-state index contributed by atoms with van der Waals surface area (Å²) in [5.74, 6) is 1.99. The predicted octanol–water partition coefficient (Wildman–Crippen LogP) is 3.42. The van der Waals surface area contributed by atoms with Gasteiger partial charge in [-0.25, -0.2) is 0 Å². The Labute approximate surface area is 119 Å². The molecule has 0 aromatic carbocycles. The highest BCUT2D eigenvalue weighted by molar-refractivity contribution is 4.92. The second-order valence-electron chi connectivity index (χ2n) is 7.23. The van der Waals surface area contributed by atoms with Crippen molar-refractivity contribution in [3.8, 4) is 0 Å². The summed E-state index contributed by atoms with van der Waals surface area (Å²) in [6.45, 7) is 6.31. The van der Waals surface area contributed by atoms with E-state index in [0.29, 0.717) is 0 Å². The molecule has 110 valence electrons. The summed E-state index contributed by atoms with van der Waals surface area (Å²) in [6, 6.07) is 1.78. The van der Waals surface area contributed by atoms with Gasteiger partial charge in [-0.3, -0.25) is 4.90 Å². The molecule has 3 aliphatic rings. The van der Waals surface area contributed by atoms with Crippen LogP contribution in [0.5, 0.6) is 0 Å². The fourth-order valence-electron chi connectivity index (χ4n) is 3.77. The summed E-state index contributed by atoms with van der Waals surface area (Å²) >= 11 is 0. The van der Waals surface area contributed by atoms with Gasteiger partial charge in [-0.15, -0.1) is 0 Å². The van der Waals surface area contributed by atoms with Crippen molar-refractivity contribution in [1.29, 1.82) is 0 Å². The molecule has 0 heterocycles. The first kappa shape index (κ1) is 13.9. The standard InChI is InChI=1S/C17H32N2/c1-2-11-18-17-6-4-3-5-15(17)13-19(16-9-10-16)12-14-7-8-14/h14-18H,2-13H2,1H3. The van der Waals surface area contributed by atoms with E-state index in [-0.39, 0.29) is 0 Å². The largest absolute Gasteiger partial charge is 0.314 e. The van der Waals surface area contributed by atoms with Crippen LogP contribution in [0.3, 0.4) is 0 Å². The van der Waals surface area contributed by atoms with Crippen LogP contribution in [0.2, 0.25) is 0 Å². The first-order chi connectivity index (χ1) is 9.36. The monoisotopic (exact) mass is 264 g/mol. The Morgan fingerprint density at radius 2 is 1.74 bits per heavy atom. The molecule has 0 radical (unpaired) electrons. The molecule has 0 amide bonds. The second-order valence-corrected chi connectivity index (χ2v) is 7.23. The van der Waals surface area contributed by atoms with Gasteiger partial charge in [0.1, 0.15) is 0 Å². The van der Waals surface area contributed by atoms with Crippen LogP contribution in [0, 0.1) is 11.8 Å². The third kappa shape index (κ3) is 4.19. The van der Waals surface area contributed by atoms with Crippen LogP contribution in [0.4, 0.5) is 0 Å². The number of rotatable bonds is 8. The van der Waals surface area contributed by atoms with Gasteiger partial charge in [0.05, 0.1) is 0 Å². The van der Waals surface area contributed by atoms with Gasteiger partial charge in [-0.05, 0) is 63.3 Å². The lowest BCUT2D eigenvalue weighted by molar-refractivity contribution is 0.157. The van der Waals surface area contributed by atoms with Crippen LogP contribution in [0.25, 0.3) is 0 Å². The maximum Gasteiger partial charge on any atom is 0.0107 e. The van der Waals surface area contributed by atoms with Crippen molar-refractivity contribution in [2.75, 3.05) is 19.6 Å². The second kappa shape index (κ2) is 6.58. The minimum absolute atomic E-state index is 0.814. The van der Waals surface area contributed by atoms with E-state index >= 15 is 0 Å². The Bertz CT molecular complexity index is 270. The highest BCUT2D eigenvalue weighted by atomic mass is 15.2. The average Bonchev–Trinajstić information content (AvgIpc) is 3.28. The average molecular weight is 264 g/mol. The molecule has 19 heavy (non-hydrogen) atoms. The number of hydrogen-bond acceptors (Lipinski definition) is 2. The lowest BCUT2D eigenvalue weighted by atomic mass is 9.84. The van der Waals surface area contributed by atoms with Crippen molar-refractivity contribution in [1.82, 2.24) is 10.2 Å². The topological polar surface area (TPSA) is 15.3 Å². The van der Waals surface area contributed by atoms with Gasteiger partial charge < -0.3 is 5.32 Å². The van der Waals surface area contributed by atoms with Crippen LogP contribution in [0.15, 0.2) is 0 Å². The van der Waals surface area contributed by atoms with Crippen molar-refractivity contribution < 1.29 is 0 Å². The first-order valence-corrected chi connectivity index (χ1v) is 8.84. The van der Waals surface area contributed by atoms with Crippen LogP contribution in [-0.2, 0) is 0 Å². The molecule has 2 nitrogen and oxygen atoms in total. The van der Waals surface area contributed by atoms with Gasteiger partial charge in [-0.1, -0.05) is 19.8 Å². The van der Waals surface area contributed by atoms with Gasteiger partial charge >= 0.3 is 0 Å². The molecule has 3 fully saturated rings. The molecule has 2 atom stereocenters. The SMILES string of the molecule is CCCNC1CCCCC1CN(CC1CC1)C1CC1. The van der Waals surface area contributed by atoms with Gasteiger partial charge in [-0.2, -0.15) is 0 Å². The molecule has 0 aliphatic heterocycles. The maximum atomic E-state index is 3.83. The zero-order valence-electron chi connectivity index (χ0n) is 12.7. The number of hydrogen-bond donors (Lipinski definition) is 1. The van der Waals surface area contributed by atoms with Gasteiger partial charge in [0.15, 0.2) is 0 Å². The molecule has 2 heteroatoms. The van der Waals surface area contributed by atoms with Crippen LogP contribution >= 0.6 is 0 Å². The summed E-state index contributed by atoms with van der Waals surface area (Å²) < 4.78 is 0. The van der Waals surface area contributed by atoms with E-state index in [2.05, 4.69) is 17.1 Å². The molecular formula is C17H32N2. The van der Waals surface area contributed by atoms with Crippen LogP contribution in [0.1, 0.15) is 64.7 Å². The summed E-state index contributed by atoms with van der Waals surface area (Å²) in [7, 11) is 0. The molecule has 0 spiro atoms. The Balaban J connectivity index is 1.51. The molecule has 0 bridgehead atoms. The molecule has 2 unspecified atom stereocenters. The zero-order valence-corrected chi connectivity index (χ0v) is 12.7. The van der Waals surface area contributed by atoms with Gasteiger partial charge in [0, 0.05) is 25.2 Å². The Hall–Kier alpha value is -0.0800. The smallest absolute Gasteiger partial charge is 0.0107 e. The minimum Gasteiger partial charge on any atom is -0.314 e.